The Kier molecular flexibility index (Phi) is 4.12. The van der Waals surface area contributed by atoms with E-state index in [9.17, 15) is 65.9 Å². The lowest BCUT2D eigenvalue weighted by Gasteiger charge is -2.52. The van der Waals surface area contributed by atoms with Crippen LogP contribution in [0, 0.1) is 0 Å². The highest BCUT2D eigenvalue weighted by Crippen LogP contribution is 2.64. The van der Waals surface area contributed by atoms with Crippen molar-refractivity contribution in [1.82, 2.24) is 4.90 Å². The van der Waals surface area contributed by atoms with Gasteiger partial charge in [0.25, 0.3) is 0 Å². The van der Waals surface area contributed by atoms with E-state index >= 15 is 0 Å². The lowest BCUT2D eigenvalue weighted by molar-refractivity contribution is -0.603. The monoisotopic (exact) mass is 399 g/mol. The molecular formula is C7F15NO. The third-order valence-electron chi connectivity index (χ3n) is 2.60. The first-order chi connectivity index (χ1) is 10.1. The predicted octanol–water partition coefficient (Wildman–Crippen LogP) is 4.48. The maximum atomic E-state index is 13.3. The van der Waals surface area contributed by atoms with Crippen LogP contribution in [0.1, 0.15) is 0 Å². The van der Waals surface area contributed by atoms with Crippen molar-refractivity contribution in [2.75, 3.05) is 0 Å². The van der Waals surface area contributed by atoms with E-state index in [-0.39, 0.29) is 0 Å². The van der Waals surface area contributed by atoms with E-state index in [2.05, 4.69) is 0 Å². The van der Waals surface area contributed by atoms with E-state index in [1.165, 1.54) is 0 Å². The molecule has 0 saturated carbocycles. The van der Waals surface area contributed by atoms with Crippen molar-refractivity contribution in [3.05, 3.63) is 0 Å². The van der Waals surface area contributed by atoms with E-state index in [1.54, 1.807) is 4.74 Å². The molecule has 0 spiro atoms. The average Bonchev–Trinajstić information content (AvgIpc) is 2.20. The smallest absolute Gasteiger partial charge is 0.282 e. The molecule has 144 valence electrons. The maximum absolute atomic E-state index is 13.3. The third-order valence-corrected chi connectivity index (χ3v) is 2.60. The summed E-state index contributed by atoms with van der Waals surface area (Å²) in [5.41, 5.74) is 0. The molecule has 1 heterocycles. The molecule has 2 unspecified atom stereocenters. The van der Waals surface area contributed by atoms with Gasteiger partial charge in [0.1, 0.15) is 0 Å². The van der Waals surface area contributed by atoms with Gasteiger partial charge in [0.05, 0.1) is 0 Å². The zero-order valence-electron chi connectivity index (χ0n) is 10.0. The molecule has 0 N–H and O–H groups in total. The maximum Gasteiger partial charge on any atom is 0.469 e. The van der Waals surface area contributed by atoms with Gasteiger partial charge in [0, 0.05) is 0 Å². The lowest BCUT2D eigenvalue weighted by atomic mass is 10.1. The minimum Gasteiger partial charge on any atom is -0.282 e. The Labute approximate surface area is 119 Å². The van der Waals surface area contributed by atoms with Crippen LogP contribution in [0.5, 0.6) is 0 Å². The van der Waals surface area contributed by atoms with Gasteiger partial charge in [-0.1, -0.05) is 4.90 Å². The number of hydrogen-bond acceptors (Lipinski definition) is 2. The SMILES string of the molecule is FC(F)(F)N1C(F)(F)C(F)(C(F)(F)F)OC(F)(C(F)(F)F)C1(F)F. The van der Waals surface area contributed by atoms with E-state index < -0.39 is 47.4 Å². The fourth-order valence-corrected chi connectivity index (χ4v) is 1.56. The molecule has 1 aliphatic heterocycles. The molecule has 1 rings (SSSR count). The highest BCUT2D eigenvalue weighted by atomic mass is 19.4. The van der Waals surface area contributed by atoms with E-state index in [4.69, 9.17) is 0 Å². The van der Waals surface area contributed by atoms with Gasteiger partial charge < -0.3 is 0 Å². The van der Waals surface area contributed by atoms with E-state index in [0.717, 1.165) is 0 Å². The Morgan fingerprint density at radius 2 is 0.792 bits per heavy atom. The third kappa shape index (κ3) is 2.38. The molecule has 0 bridgehead atoms. The van der Waals surface area contributed by atoms with Crippen molar-refractivity contribution in [2.24, 2.45) is 0 Å². The number of alkyl halides is 15. The molecule has 1 aliphatic rings. The first-order valence-electron chi connectivity index (χ1n) is 4.91. The molecule has 0 radical (unpaired) electrons. The van der Waals surface area contributed by atoms with Crippen molar-refractivity contribution in [2.45, 2.75) is 42.5 Å². The summed E-state index contributed by atoms with van der Waals surface area (Å²) >= 11 is 0. The van der Waals surface area contributed by atoms with Crippen molar-refractivity contribution in [1.29, 1.82) is 0 Å². The molecule has 0 aliphatic carbocycles. The minimum absolute atomic E-state index is 1.62. The van der Waals surface area contributed by atoms with Gasteiger partial charge in [-0.2, -0.15) is 65.9 Å². The van der Waals surface area contributed by atoms with Crippen LogP contribution in [0.15, 0.2) is 0 Å². The van der Waals surface area contributed by atoms with Crippen LogP contribution >= 0.6 is 0 Å². The number of hydrogen-bond donors (Lipinski definition) is 0. The molecule has 0 amide bonds. The normalized spacial score (nSPS) is 35.1. The first kappa shape index (κ1) is 20.9. The quantitative estimate of drug-likeness (QED) is 0.440. The molecule has 1 saturated heterocycles. The van der Waals surface area contributed by atoms with Crippen molar-refractivity contribution in [3.8, 4) is 0 Å². The van der Waals surface area contributed by atoms with E-state index in [0.29, 0.717) is 0 Å². The Morgan fingerprint density at radius 3 is 0.958 bits per heavy atom. The van der Waals surface area contributed by atoms with Gasteiger partial charge >= 0.3 is 42.5 Å². The molecule has 0 aromatic carbocycles. The Balaban J connectivity index is 3.88. The van der Waals surface area contributed by atoms with Gasteiger partial charge in [-0.3, -0.25) is 4.74 Å². The second kappa shape index (κ2) is 4.73. The summed E-state index contributed by atoms with van der Waals surface area (Å²) in [6, 6.07) is -15.0. The summed E-state index contributed by atoms with van der Waals surface area (Å²) in [5, 5.41) is 0. The highest BCUT2D eigenvalue weighted by Gasteiger charge is 2.95. The van der Waals surface area contributed by atoms with Gasteiger partial charge in [0.15, 0.2) is 0 Å². The highest BCUT2D eigenvalue weighted by molar-refractivity contribution is 5.08. The topological polar surface area (TPSA) is 12.5 Å². The Morgan fingerprint density at radius 1 is 0.542 bits per heavy atom. The van der Waals surface area contributed by atoms with Crippen LogP contribution in [-0.4, -0.2) is 47.4 Å². The van der Waals surface area contributed by atoms with Crippen LogP contribution in [0.3, 0.4) is 0 Å². The number of ether oxygens (including phenoxy) is 1. The van der Waals surface area contributed by atoms with Crippen LogP contribution < -0.4 is 0 Å². The van der Waals surface area contributed by atoms with Gasteiger partial charge in [0.2, 0.25) is 0 Å². The zero-order valence-corrected chi connectivity index (χ0v) is 10.0. The molecule has 17 heteroatoms. The summed E-state index contributed by atoms with van der Waals surface area (Å²) in [4.78, 5) is -4.13. The number of rotatable bonds is 0. The van der Waals surface area contributed by atoms with Gasteiger partial charge in [-0.15, -0.1) is 0 Å². The van der Waals surface area contributed by atoms with Crippen LogP contribution in [0.2, 0.25) is 0 Å². The summed E-state index contributed by atoms with van der Waals surface area (Å²) < 4.78 is 191. The van der Waals surface area contributed by atoms with Crippen LogP contribution in [0.25, 0.3) is 0 Å². The molecule has 1 fully saturated rings. The minimum atomic E-state index is -7.52. The van der Waals surface area contributed by atoms with Crippen LogP contribution in [-0.2, 0) is 4.74 Å². The predicted molar refractivity (Wildman–Crippen MR) is 38.7 cm³/mol. The first-order valence-corrected chi connectivity index (χ1v) is 4.91. The molecule has 24 heavy (non-hydrogen) atoms. The van der Waals surface area contributed by atoms with Crippen molar-refractivity contribution >= 4 is 0 Å². The Hall–Kier alpha value is -1.13. The zero-order chi connectivity index (χ0) is 19.8. The number of nitrogens with zero attached hydrogens (tertiary/aromatic N) is 1. The summed E-state index contributed by atoms with van der Waals surface area (Å²) in [6.07, 6.45) is -22.4. The van der Waals surface area contributed by atoms with Gasteiger partial charge in [-0.25, -0.2) is 0 Å². The standard InChI is InChI=1S/C7F15NO/c8-1(3(10,11)12)5(16,17)23(7(20,21)22)6(18,19)2(9,24-1)4(13,14)15. The Bertz CT molecular complexity index is 465. The second-order valence-electron chi connectivity index (χ2n) is 4.17. The molecule has 2 atom stereocenters. The fraction of sp³-hybridized carbons (Fsp3) is 1.00. The summed E-state index contributed by atoms with van der Waals surface area (Å²) in [6.45, 7) is 0. The summed E-state index contributed by atoms with van der Waals surface area (Å²) in [7, 11) is 0. The largest absolute Gasteiger partial charge is 0.469 e. The average molecular weight is 399 g/mol. The van der Waals surface area contributed by atoms with Crippen molar-refractivity contribution in [3.63, 3.8) is 0 Å². The lowest BCUT2D eigenvalue weighted by Crippen LogP contribution is -2.83. The molecule has 0 aromatic heterocycles. The van der Waals surface area contributed by atoms with Crippen LogP contribution in [0.4, 0.5) is 65.9 Å². The van der Waals surface area contributed by atoms with Gasteiger partial charge in [-0.05, 0) is 0 Å². The van der Waals surface area contributed by atoms with Crippen molar-refractivity contribution < 1.29 is 70.6 Å². The van der Waals surface area contributed by atoms with E-state index in [1.807, 2.05) is 0 Å². The molecular weight excluding hydrogens is 399 g/mol. The summed E-state index contributed by atoms with van der Waals surface area (Å²) in [5.74, 6) is -14.8. The number of halogens is 15. The molecule has 2 nitrogen and oxygen atoms in total. The molecule has 0 aromatic rings. The second-order valence-corrected chi connectivity index (χ2v) is 4.17. The fourth-order valence-electron chi connectivity index (χ4n) is 1.56. The number of morpholine rings is 1.